The molecule has 0 spiro atoms. The summed E-state index contributed by atoms with van der Waals surface area (Å²) in [4.78, 5) is 27.1. The third kappa shape index (κ3) is 4.53. The highest BCUT2D eigenvalue weighted by Crippen LogP contribution is 2.23. The Morgan fingerprint density at radius 2 is 1.68 bits per heavy atom. The van der Waals surface area contributed by atoms with Crippen LogP contribution in [0.2, 0.25) is 0 Å². The summed E-state index contributed by atoms with van der Waals surface area (Å²) >= 11 is 0. The minimum atomic E-state index is -0.795. The highest BCUT2D eigenvalue weighted by Gasteiger charge is 2.30. The molecule has 0 saturated carbocycles. The number of likely N-dealkylation sites (tertiary alicyclic amines) is 1. The van der Waals surface area contributed by atoms with Crippen LogP contribution < -0.4 is 0 Å². The summed E-state index contributed by atoms with van der Waals surface area (Å²) in [5, 5.41) is 9.38. The Balaban J connectivity index is 1.63. The van der Waals surface area contributed by atoms with Gasteiger partial charge < -0.3 is 14.7 Å². The summed E-state index contributed by atoms with van der Waals surface area (Å²) in [5.41, 5.74) is 2.28. The van der Waals surface area contributed by atoms with E-state index in [-0.39, 0.29) is 17.7 Å². The van der Waals surface area contributed by atoms with Gasteiger partial charge >= 0.3 is 5.97 Å². The number of carbonyl (C=O) groups is 2. The molecule has 1 saturated heterocycles. The van der Waals surface area contributed by atoms with Gasteiger partial charge in [-0.25, -0.2) is 4.79 Å². The van der Waals surface area contributed by atoms with Crippen LogP contribution in [0.25, 0.3) is 11.1 Å². The summed E-state index contributed by atoms with van der Waals surface area (Å²) in [7, 11) is 0. The van der Waals surface area contributed by atoms with Gasteiger partial charge in [0, 0.05) is 12.6 Å². The van der Waals surface area contributed by atoms with Gasteiger partial charge in [0.25, 0.3) is 5.91 Å². The van der Waals surface area contributed by atoms with Gasteiger partial charge in [-0.15, -0.1) is 0 Å². The number of hydrogen-bond donors (Lipinski definition) is 1. The zero-order valence-electron chi connectivity index (χ0n) is 16.4. The second kappa shape index (κ2) is 8.91. The van der Waals surface area contributed by atoms with Crippen molar-refractivity contribution in [1.29, 1.82) is 0 Å². The standard InChI is InChI=1S/C23H27NO4/c1-3-20-6-4-5-15-24(20)22(26)16(2)28-23(27)19-9-7-17(8-10-19)18-11-13-21(25)14-12-18/h7-14,16,20,25H,3-6,15H2,1-2H3/t16-,20-/m0/s1. The monoisotopic (exact) mass is 381 g/mol. The lowest BCUT2D eigenvalue weighted by Gasteiger charge is -2.36. The van der Waals surface area contributed by atoms with Crippen LogP contribution in [-0.2, 0) is 9.53 Å². The molecule has 2 atom stereocenters. The number of phenolic OH excluding ortho intramolecular Hbond substituents is 1. The first-order valence-corrected chi connectivity index (χ1v) is 9.90. The minimum Gasteiger partial charge on any atom is -0.508 e. The van der Waals surface area contributed by atoms with Gasteiger partial charge in [-0.05, 0) is 68.0 Å². The fraction of sp³-hybridized carbons (Fsp3) is 0.391. The van der Waals surface area contributed by atoms with E-state index in [1.54, 1.807) is 31.2 Å². The van der Waals surface area contributed by atoms with Crippen molar-refractivity contribution in [2.75, 3.05) is 6.54 Å². The highest BCUT2D eigenvalue weighted by molar-refractivity contribution is 5.92. The molecule has 1 heterocycles. The van der Waals surface area contributed by atoms with Crippen molar-refractivity contribution in [2.45, 2.75) is 51.7 Å². The van der Waals surface area contributed by atoms with Crippen molar-refractivity contribution < 1.29 is 19.4 Å². The molecule has 0 radical (unpaired) electrons. The molecule has 1 N–H and O–H groups in total. The molecule has 1 amide bonds. The van der Waals surface area contributed by atoms with E-state index in [0.717, 1.165) is 43.4 Å². The van der Waals surface area contributed by atoms with Gasteiger partial charge in [-0.2, -0.15) is 0 Å². The molecule has 28 heavy (non-hydrogen) atoms. The number of piperidine rings is 1. The third-order valence-electron chi connectivity index (χ3n) is 5.33. The smallest absolute Gasteiger partial charge is 0.338 e. The molecule has 3 rings (SSSR count). The fourth-order valence-corrected chi connectivity index (χ4v) is 3.68. The number of amides is 1. The van der Waals surface area contributed by atoms with Crippen LogP contribution in [0.1, 0.15) is 49.9 Å². The number of aromatic hydroxyl groups is 1. The fourth-order valence-electron chi connectivity index (χ4n) is 3.68. The number of nitrogens with zero attached hydrogens (tertiary/aromatic N) is 1. The summed E-state index contributed by atoms with van der Waals surface area (Å²) in [5.74, 6) is -0.398. The average molecular weight is 381 g/mol. The number of hydrogen-bond acceptors (Lipinski definition) is 4. The predicted molar refractivity (Wildman–Crippen MR) is 108 cm³/mol. The number of phenols is 1. The van der Waals surface area contributed by atoms with Crippen molar-refractivity contribution in [1.82, 2.24) is 4.90 Å². The van der Waals surface area contributed by atoms with Crippen molar-refractivity contribution in [3.8, 4) is 16.9 Å². The highest BCUT2D eigenvalue weighted by atomic mass is 16.5. The van der Waals surface area contributed by atoms with E-state index >= 15 is 0 Å². The molecular formula is C23H27NO4. The molecule has 0 bridgehead atoms. The maximum Gasteiger partial charge on any atom is 0.338 e. The molecule has 5 heteroatoms. The SMILES string of the molecule is CC[C@H]1CCCCN1C(=O)[C@H](C)OC(=O)c1ccc(-c2ccc(O)cc2)cc1. The topological polar surface area (TPSA) is 66.8 Å². The quantitative estimate of drug-likeness (QED) is 0.780. The Bertz CT molecular complexity index is 814. The molecule has 0 aromatic heterocycles. The third-order valence-corrected chi connectivity index (χ3v) is 5.33. The second-order valence-electron chi connectivity index (χ2n) is 7.26. The number of esters is 1. The van der Waals surface area contributed by atoms with Crippen LogP contribution in [0.5, 0.6) is 5.75 Å². The van der Waals surface area contributed by atoms with E-state index < -0.39 is 12.1 Å². The van der Waals surface area contributed by atoms with Crippen LogP contribution in [0.15, 0.2) is 48.5 Å². The first-order chi connectivity index (χ1) is 13.5. The number of ether oxygens (including phenoxy) is 1. The van der Waals surface area contributed by atoms with Gasteiger partial charge in [0.05, 0.1) is 5.56 Å². The maximum atomic E-state index is 12.7. The number of rotatable bonds is 5. The first kappa shape index (κ1) is 19.9. The van der Waals surface area contributed by atoms with Crippen molar-refractivity contribution >= 4 is 11.9 Å². The Morgan fingerprint density at radius 3 is 2.29 bits per heavy atom. The molecule has 2 aromatic carbocycles. The molecule has 148 valence electrons. The lowest BCUT2D eigenvalue weighted by Crippen LogP contribution is -2.48. The van der Waals surface area contributed by atoms with Gasteiger partial charge in [0.2, 0.25) is 0 Å². The first-order valence-electron chi connectivity index (χ1n) is 9.90. The van der Waals surface area contributed by atoms with E-state index in [1.165, 1.54) is 0 Å². The molecule has 0 unspecified atom stereocenters. The van der Waals surface area contributed by atoms with E-state index in [1.807, 2.05) is 29.2 Å². The van der Waals surface area contributed by atoms with Crippen molar-refractivity contribution in [2.24, 2.45) is 0 Å². The predicted octanol–water partition coefficient (Wildman–Crippen LogP) is 4.40. The number of carbonyl (C=O) groups excluding carboxylic acids is 2. The summed E-state index contributed by atoms with van der Waals surface area (Å²) < 4.78 is 5.44. The Hall–Kier alpha value is -2.82. The molecule has 1 fully saturated rings. The maximum absolute atomic E-state index is 12.7. The summed E-state index contributed by atoms with van der Waals surface area (Å²) in [6.45, 7) is 4.47. The zero-order valence-corrected chi connectivity index (χ0v) is 16.4. The van der Waals surface area contributed by atoms with Gasteiger partial charge in [0.15, 0.2) is 6.10 Å². The Morgan fingerprint density at radius 1 is 1.07 bits per heavy atom. The second-order valence-corrected chi connectivity index (χ2v) is 7.26. The van der Waals surface area contributed by atoms with Crippen LogP contribution in [0, 0.1) is 0 Å². The Kier molecular flexibility index (Phi) is 6.34. The minimum absolute atomic E-state index is 0.111. The molecular weight excluding hydrogens is 354 g/mol. The Labute approximate surface area is 165 Å². The van der Waals surface area contributed by atoms with Crippen LogP contribution in [-0.4, -0.2) is 40.6 Å². The van der Waals surface area contributed by atoms with Crippen molar-refractivity contribution in [3.05, 3.63) is 54.1 Å². The van der Waals surface area contributed by atoms with E-state index in [4.69, 9.17) is 4.74 Å². The van der Waals surface area contributed by atoms with Crippen LogP contribution in [0.4, 0.5) is 0 Å². The van der Waals surface area contributed by atoms with E-state index in [0.29, 0.717) is 5.56 Å². The van der Waals surface area contributed by atoms with E-state index in [2.05, 4.69) is 6.92 Å². The molecule has 0 aliphatic carbocycles. The van der Waals surface area contributed by atoms with Gasteiger partial charge in [0.1, 0.15) is 5.75 Å². The number of benzene rings is 2. The lowest BCUT2D eigenvalue weighted by molar-refractivity contribution is -0.143. The average Bonchev–Trinajstić information content (AvgIpc) is 2.73. The molecule has 1 aliphatic heterocycles. The molecule has 5 nitrogen and oxygen atoms in total. The normalized spacial score (nSPS) is 17.8. The summed E-state index contributed by atoms with van der Waals surface area (Å²) in [6, 6.07) is 14.1. The largest absolute Gasteiger partial charge is 0.508 e. The van der Waals surface area contributed by atoms with Crippen LogP contribution >= 0.6 is 0 Å². The summed E-state index contributed by atoms with van der Waals surface area (Å²) in [6.07, 6.45) is 3.29. The zero-order chi connectivity index (χ0) is 20.1. The molecule has 2 aromatic rings. The van der Waals surface area contributed by atoms with Gasteiger partial charge in [-0.3, -0.25) is 4.79 Å². The lowest BCUT2D eigenvalue weighted by atomic mass is 9.99. The molecule has 1 aliphatic rings. The van der Waals surface area contributed by atoms with Crippen LogP contribution in [0.3, 0.4) is 0 Å². The van der Waals surface area contributed by atoms with E-state index in [9.17, 15) is 14.7 Å². The van der Waals surface area contributed by atoms with Gasteiger partial charge in [-0.1, -0.05) is 31.2 Å². The van der Waals surface area contributed by atoms with Crippen molar-refractivity contribution in [3.63, 3.8) is 0 Å².